The van der Waals surface area contributed by atoms with Crippen molar-refractivity contribution in [3.63, 3.8) is 0 Å². The summed E-state index contributed by atoms with van der Waals surface area (Å²) in [6.45, 7) is 4.87. The van der Waals surface area contributed by atoms with Crippen molar-refractivity contribution in [3.8, 4) is 0 Å². The minimum Gasteiger partial charge on any atom is -0.396 e. The molecule has 2 nitrogen and oxygen atoms in total. The molecule has 0 amide bonds. The third-order valence-corrected chi connectivity index (χ3v) is 5.01. The fraction of sp³-hybridized carbons (Fsp3) is 1.00. The Kier molecular flexibility index (Phi) is 1.64. The van der Waals surface area contributed by atoms with E-state index in [0.717, 1.165) is 32.1 Å². The van der Waals surface area contributed by atoms with Gasteiger partial charge in [0.15, 0.2) is 0 Å². The van der Waals surface area contributed by atoms with Crippen LogP contribution in [0.1, 0.15) is 52.4 Å². The van der Waals surface area contributed by atoms with Gasteiger partial charge in [-0.3, -0.25) is 0 Å². The Morgan fingerprint density at radius 1 is 0.867 bits per heavy atom. The Labute approximate surface area is 91.7 Å². The molecule has 4 fully saturated rings. The molecule has 0 aromatic carbocycles. The van der Waals surface area contributed by atoms with Crippen molar-refractivity contribution < 1.29 is 10.2 Å². The molecule has 0 saturated heterocycles. The van der Waals surface area contributed by atoms with Gasteiger partial charge in [0.25, 0.3) is 0 Å². The van der Waals surface area contributed by atoms with E-state index in [4.69, 9.17) is 0 Å². The van der Waals surface area contributed by atoms with Crippen molar-refractivity contribution >= 4 is 0 Å². The molecule has 86 valence electrons. The summed E-state index contributed by atoms with van der Waals surface area (Å²) in [5.41, 5.74) is 0.121. The first kappa shape index (κ1) is 10.1. The lowest BCUT2D eigenvalue weighted by Gasteiger charge is -2.67. The molecular weight excluding hydrogens is 188 g/mol. The molecule has 2 unspecified atom stereocenters. The number of hydrogen-bond donors (Lipinski definition) is 2. The van der Waals surface area contributed by atoms with Crippen molar-refractivity contribution in [2.75, 3.05) is 6.61 Å². The summed E-state index contributed by atoms with van der Waals surface area (Å²) >= 11 is 0. The van der Waals surface area contributed by atoms with Crippen LogP contribution >= 0.6 is 0 Å². The van der Waals surface area contributed by atoms with E-state index in [1.165, 1.54) is 6.42 Å². The van der Waals surface area contributed by atoms with Crippen molar-refractivity contribution in [3.05, 3.63) is 0 Å². The zero-order chi connectivity index (χ0) is 10.9. The molecule has 0 aromatic rings. The van der Waals surface area contributed by atoms with Crippen LogP contribution < -0.4 is 0 Å². The standard InChI is InChI=1S/C13H22O2/c1-10-3-11(2)5-12(4-10,9-14)8-13(15,6-10)7-11/h14-15H,3-9H2,1-2H3. The van der Waals surface area contributed by atoms with Crippen LogP contribution in [0.5, 0.6) is 0 Å². The van der Waals surface area contributed by atoms with E-state index in [-0.39, 0.29) is 22.9 Å². The van der Waals surface area contributed by atoms with Crippen LogP contribution in [0.3, 0.4) is 0 Å². The van der Waals surface area contributed by atoms with E-state index in [0.29, 0.717) is 0 Å². The van der Waals surface area contributed by atoms with E-state index in [2.05, 4.69) is 13.8 Å². The van der Waals surface area contributed by atoms with E-state index < -0.39 is 5.60 Å². The zero-order valence-electron chi connectivity index (χ0n) is 9.84. The third-order valence-electron chi connectivity index (χ3n) is 5.01. The summed E-state index contributed by atoms with van der Waals surface area (Å²) in [5.74, 6) is 0. The number of rotatable bonds is 1. The third kappa shape index (κ3) is 1.31. The fourth-order valence-corrected chi connectivity index (χ4v) is 6.05. The molecule has 0 spiro atoms. The summed E-state index contributed by atoms with van der Waals surface area (Å²) in [6.07, 6.45) is 6.23. The summed E-state index contributed by atoms with van der Waals surface area (Å²) in [6, 6.07) is 0. The molecule has 2 heteroatoms. The van der Waals surface area contributed by atoms with E-state index in [1.807, 2.05) is 0 Å². The Bertz CT molecular complexity index is 256. The van der Waals surface area contributed by atoms with Crippen LogP contribution in [0.15, 0.2) is 0 Å². The summed E-state index contributed by atoms with van der Waals surface area (Å²) in [5, 5.41) is 20.3. The van der Waals surface area contributed by atoms with E-state index >= 15 is 0 Å². The number of aliphatic hydroxyl groups excluding tert-OH is 1. The Morgan fingerprint density at radius 2 is 1.40 bits per heavy atom. The monoisotopic (exact) mass is 210 g/mol. The highest BCUT2D eigenvalue weighted by Gasteiger charge is 2.64. The summed E-state index contributed by atoms with van der Waals surface area (Å²) in [7, 11) is 0. The molecule has 4 bridgehead atoms. The SMILES string of the molecule is CC12CC3(C)CC(O)(C1)CC(CO)(C2)C3. The van der Waals surface area contributed by atoms with E-state index in [9.17, 15) is 10.2 Å². The molecule has 0 aliphatic heterocycles. The lowest BCUT2D eigenvalue weighted by Crippen LogP contribution is -2.63. The highest BCUT2D eigenvalue weighted by atomic mass is 16.3. The fourth-order valence-electron chi connectivity index (χ4n) is 6.05. The molecule has 4 aliphatic rings. The highest BCUT2D eigenvalue weighted by Crippen LogP contribution is 2.70. The minimum absolute atomic E-state index is 0.0347. The lowest BCUT2D eigenvalue weighted by atomic mass is 9.39. The van der Waals surface area contributed by atoms with Crippen LogP contribution in [0.25, 0.3) is 0 Å². The molecule has 2 atom stereocenters. The van der Waals surface area contributed by atoms with Gasteiger partial charge in [0.05, 0.1) is 5.60 Å². The summed E-state index contributed by atoms with van der Waals surface area (Å²) in [4.78, 5) is 0. The maximum Gasteiger partial charge on any atom is 0.0664 e. The van der Waals surface area contributed by atoms with Crippen LogP contribution in [-0.2, 0) is 0 Å². The predicted octanol–water partition coefficient (Wildman–Crippen LogP) is 2.09. The van der Waals surface area contributed by atoms with Gasteiger partial charge in [0, 0.05) is 6.61 Å². The first-order chi connectivity index (χ1) is 6.80. The van der Waals surface area contributed by atoms with Gasteiger partial charge in [-0.05, 0) is 54.8 Å². The van der Waals surface area contributed by atoms with Gasteiger partial charge in [-0.1, -0.05) is 13.8 Å². The molecule has 4 rings (SSSR count). The van der Waals surface area contributed by atoms with Gasteiger partial charge >= 0.3 is 0 Å². The highest BCUT2D eigenvalue weighted by molar-refractivity contribution is 5.15. The Morgan fingerprint density at radius 3 is 1.80 bits per heavy atom. The first-order valence-electron chi connectivity index (χ1n) is 6.14. The first-order valence-corrected chi connectivity index (χ1v) is 6.14. The zero-order valence-corrected chi connectivity index (χ0v) is 9.84. The second-order valence-electron chi connectivity index (χ2n) is 7.56. The smallest absolute Gasteiger partial charge is 0.0664 e. The lowest BCUT2D eigenvalue weighted by molar-refractivity contribution is -0.233. The van der Waals surface area contributed by atoms with Gasteiger partial charge in [-0.15, -0.1) is 0 Å². The summed E-state index contributed by atoms with van der Waals surface area (Å²) < 4.78 is 0. The van der Waals surface area contributed by atoms with Gasteiger partial charge in [-0.2, -0.15) is 0 Å². The Balaban J connectivity index is 2.06. The number of aliphatic hydroxyl groups is 2. The van der Waals surface area contributed by atoms with Crippen LogP contribution in [0.4, 0.5) is 0 Å². The molecule has 4 saturated carbocycles. The van der Waals surface area contributed by atoms with E-state index in [1.54, 1.807) is 0 Å². The second-order valence-corrected chi connectivity index (χ2v) is 7.56. The van der Waals surface area contributed by atoms with Crippen molar-refractivity contribution in [1.82, 2.24) is 0 Å². The normalized spacial score (nSPS) is 62.4. The maximum absolute atomic E-state index is 10.6. The van der Waals surface area contributed by atoms with Crippen LogP contribution in [0, 0.1) is 16.2 Å². The molecule has 15 heavy (non-hydrogen) atoms. The molecule has 4 aliphatic carbocycles. The second kappa shape index (κ2) is 2.43. The average molecular weight is 210 g/mol. The van der Waals surface area contributed by atoms with Crippen molar-refractivity contribution in [2.24, 2.45) is 16.2 Å². The van der Waals surface area contributed by atoms with Gasteiger partial charge < -0.3 is 10.2 Å². The maximum atomic E-state index is 10.6. The van der Waals surface area contributed by atoms with Crippen LogP contribution in [-0.4, -0.2) is 22.4 Å². The molecule has 2 N–H and O–H groups in total. The molecule has 0 heterocycles. The van der Waals surface area contributed by atoms with Crippen LogP contribution in [0.2, 0.25) is 0 Å². The minimum atomic E-state index is -0.471. The van der Waals surface area contributed by atoms with Gasteiger partial charge in [0.1, 0.15) is 0 Å². The van der Waals surface area contributed by atoms with Crippen molar-refractivity contribution in [1.29, 1.82) is 0 Å². The molecule has 0 aromatic heterocycles. The predicted molar refractivity (Wildman–Crippen MR) is 58.4 cm³/mol. The Hall–Kier alpha value is -0.0800. The quantitative estimate of drug-likeness (QED) is 0.695. The largest absolute Gasteiger partial charge is 0.396 e. The van der Waals surface area contributed by atoms with Gasteiger partial charge in [-0.25, -0.2) is 0 Å². The topological polar surface area (TPSA) is 40.5 Å². The molecule has 0 radical (unpaired) electrons. The number of hydrogen-bond acceptors (Lipinski definition) is 2. The molecular formula is C13H22O2. The van der Waals surface area contributed by atoms with Crippen molar-refractivity contribution in [2.45, 2.75) is 58.0 Å². The average Bonchev–Trinajstić information content (AvgIpc) is 1.94. The van der Waals surface area contributed by atoms with Gasteiger partial charge in [0.2, 0.25) is 0 Å².